The number of halogens is 1. The minimum Gasteiger partial charge on any atom is -0.462 e. The molecule has 1 heterocycles. The van der Waals surface area contributed by atoms with Gasteiger partial charge in [-0.2, -0.15) is 0 Å². The second-order valence-electron chi connectivity index (χ2n) is 5.43. The van der Waals surface area contributed by atoms with Crippen LogP contribution in [0.2, 0.25) is 0 Å². The van der Waals surface area contributed by atoms with E-state index >= 15 is 0 Å². The van der Waals surface area contributed by atoms with Crippen molar-refractivity contribution in [2.45, 2.75) is 13.8 Å². The van der Waals surface area contributed by atoms with Gasteiger partial charge in [-0.25, -0.2) is 9.18 Å². The smallest absolute Gasteiger partial charge is 0.342 e. The van der Waals surface area contributed by atoms with Gasteiger partial charge < -0.3 is 9.15 Å². The summed E-state index contributed by atoms with van der Waals surface area (Å²) < 4.78 is 24.0. The molecule has 0 N–H and O–H groups in total. The molecule has 0 aliphatic heterocycles. The van der Waals surface area contributed by atoms with Crippen LogP contribution in [0, 0.1) is 22.9 Å². The third-order valence-corrected chi connectivity index (χ3v) is 3.79. The lowest BCUT2D eigenvalue weighted by molar-refractivity contribution is -0.385. The Kier molecular flexibility index (Phi) is 4.22. The maximum atomic E-state index is 13.2. The molecule has 3 rings (SSSR count). The summed E-state index contributed by atoms with van der Waals surface area (Å²) in [7, 11) is 0. The number of nitro groups is 1. The zero-order valence-corrected chi connectivity index (χ0v) is 13.5. The van der Waals surface area contributed by atoms with Crippen LogP contribution in [-0.2, 0) is 4.74 Å². The molecule has 0 spiro atoms. The van der Waals surface area contributed by atoms with Crippen LogP contribution in [0.15, 0.2) is 40.8 Å². The Bertz CT molecular complexity index is 975. The van der Waals surface area contributed by atoms with Crippen LogP contribution < -0.4 is 0 Å². The Labute approximate surface area is 142 Å². The number of benzene rings is 2. The van der Waals surface area contributed by atoms with E-state index in [0.29, 0.717) is 16.5 Å². The van der Waals surface area contributed by atoms with Crippen LogP contribution in [0.3, 0.4) is 0 Å². The normalized spacial score (nSPS) is 10.8. The SMILES string of the molecule is CCOC(=O)c1c(-c2ccc(F)cc2)oc2cc([N+](=O)[O-])c(C)cc12. The molecule has 0 amide bonds. The Morgan fingerprint density at radius 1 is 1.28 bits per heavy atom. The molecule has 0 bridgehead atoms. The van der Waals surface area contributed by atoms with E-state index in [1.807, 2.05) is 0 Å². The average Bonchev–Trinajstić information content (AvgIpc) is 2.93. The highest BCUT2D eigenvalue weighted by Gasteiger charge is 2.26. The highest BCUT2D eigenvalue weighted by Crippen LogP contribution is 2.37. The molecule has 7 heteroatoms. The number of carbonyl (C=O) groups is 1. The first-order valence-electron chi connectivity index (χ1n) is 7.57. The maximum Gasteiger partial charge on any atom is 0.342 e. The van der Waals surface area contributed by atoms with E-state index in [4.69, 9.17) is 9.15 Å². The first-order chi connectivity index (χ1) is 11.9. The maximum absolute atomic E-state index is 13.2. The fraction of sp³-hybridized carbons (Fsp3) is 0.167. The van der Waals surface area contributed by atoms with Gasteiger partial charge in [0.1, 0.15) is 22.7 Å². The Morgan fingerprint density at radius 3 is 2.56 bits per heavy atom. The van der Waals surface area contributed by atoms with Gasteiger partial charge in [0.15, 0.2) is 0 Å². The highest BCUT2D eigenvalue weighted by atomic mass is 19.1. The second-order valence-corrected chi connectivity index (χ2v) is 5.43. The summed E-state index contributed by atoms with van der Waals surface area (Å²) in [6, 6.07) is 8.22. The fourth-order valence-electron chi connectivity index (χ4n) is 2.65. The van der Waals surface area contributed by atoms with E-state index in [1.54, 1.807) is 13.8 Å². The molecule has 0 aliphatic carbocycles. The molecule has 25 heavy (non-hydrogen) atoms. The molecule has 2 aromatic carbocycles. The molecular weight excluding hydrogens is 329 g/mol. The molecule has 0 aliphatic rings. The van der Waals surface area contributed by atoms with Crippen molar-refractivity contribution in [1.29, 1.82) is 0 Å². The van der Waals surface area contributed by atoms with Gasteiger partial charge in [-0.1, -0.05) is 0 Å². The van der Waals surface area contributed by atoms with Crippen molar-refractivity contribution in [2.24, 2.45) is 0 Å². The molecule has 0 saturated heterocycles. The van der Waals surface area contributed by atoms with E-state index in [2.05, 4.69) is 0 Å². The van der Waals surface area contributed by atoms with Crippen molar-refractivity contribution >= 4 is 22.6 Å². The van der Waals surface area contributed by atoms with Gasteiger partial charge in [-0.3, -0.25) is 10.1 Å². The number of furan rings is 1. The molecule has 0 unspecified atom stereocenters. The lowest BCUT2D eigenvalue weighted by Crippen LogP contribution is -2.05. The lowest BCUT2D eigenvalue weighted by atomic mass is 10.0. The van der Waals surface area contributed by atoms with Crippen molar-refractivity contribution in [3.63, 3.8) is 0 Å². The van der Waals surface area contributed by atoms with Crippen LogP contribution in [0.4, 0.5) is 10.1 Å². The van der Waals surface area contributed by atoms with Crippen molar-refractivity contribution in [3.8, 4) is 11.3 Å². The standard InChI is InChI=1S/C18H14FNO5/c1-3-24-18(21)16-13-8-10(2)14(20(22)23)9-15(13)25-17(16)11-4-6-12(19)7-5-11/h4-9H,3H2,1-2H3. The van der Waals surface area contributed by atoms with Crippen LogP contribution >= 0.6 is 0 Å². The molecule has 6 nitrogen and oxygen atoms in total. The van der Waals surface area contributed by atoms with Gasteiger partial charge in [0.05, 0.1) is 17.6 Å². The number of rotatable bonds is 4. The molecule has 0 radical (unpaired) electrons. The summed E-state index contributed by atoms with van der Waals surface area (Å²) in [6.45, 7) is 3.42. The topological polar surface area (TPSA) is 82.6 Å². The van der Waals surface area contributed by atoms with E-state index in [0.717, 1.165) is 0 Å². The van der Waals surface area contributed by atoms with E-state index in [-0.39, 0.29) is 29.2 Å². The first kappa shape index (κ1) is 16.6. The minimum atomic E-state index is -0.603. The number of aryl methyl sites for hydroxylation is 1. The van der Waals surface area contributed by atoms with Crippen molar-refractivity contribution in [3.05, 3.63) is 63.5 Å². The van der Waals surface area contributed by atoms with Gasteiger partial charge in [-0.05, 0) is 44.2 Å². The number of carbonyl (C=O) groups excluding carboxylic acids is 1. The molecule has 1 aromatic heterocycles. The quantitative estimate of drug-likeness (QED) is 0.392. The van der Waals surface area contributed by atoms with Crippen LogP contribution in [0.25, 0.3) is 22.3 Å². The Morgan fingerprint density at radius 2 is 1.96 bits per heavy atom. The predicted octanol–water partition coefficient (Wildman–Crippen LogP) is 4.63. The number of nitrogens with zero attached hydrogens (tertiary/aromatic N) is 1. The number of hydrogen-bond donors (Lipinski definition) is 0. The largest absolute Gasteiger partial charge is 0.462 e. The van der Waals surface area contributed by atoms with E-state index < -0.39 is 16.7 Å². The predicted molar refractivity (Wildman–Crippen MR) is 89.0 cm³/mol. The van der Waals surface area contributed by atoms with Crippen molar-refractivity contribution in [1.82, 2.24) is 0 Å². The minimum absolute atomic E-state index is 0.109. The van der Waals surface area contributed by atoms with Gasteiger partial charge in [0.2, 0.25) is 0 Å². The van der Waals surface area contributed by atoms with Gasteiger partial charge >= 0.3 is 5.97 Å². The monoisotopic (exact) mass is 343 g/mol. The third-order valence-electron chi connectivity index (χ3n) is 3.79. The summed E-state index contributed by atoms with van der Waals surface area (Å²) in [5.41, 5.74) is 1.12. The van der Waals surface area contributed by atoms with Crippen LogP contribution in [0.1, 0.15) is 22.8 Å². The highest BCUT2D eigenvalue weighted by molar-refractivity contribution is 6.09. The van der Waals surface area contributed by atoms with E-state index in [1.165, 1.54) is 36.4 Å². The lowest BCUT2D eigenvalue weighted by Gasteiger charge is -2.03. The van der Waals surface area contributed by atoms with Gasteiger partial charge in [-0.15, -0.1) is 0 Å². The number of esters is 1. The number of nitro benzene ring substituents is 1. The zero-order chi connectivity index (χ0) is 18.1. The molecular formula is C18H14FNO5. The summed E-state index contributed by atoms with van der Waals surface area (Å²) in [5.74, 6) is -0.841. The number of fused-ring (bicyclic) bond motifs is 1. The molecule has 0 saturated carbocycles. The van der Waals surface area contributed by atoms with E-state index in [9.17, 15) is 19.3 Å². The van der Waals surface area contributed by atoms with Crippen LogP contribution in [0.5, 0.6) is 0 Å². The summed E-state index contributed by atoms with van der Waals surface area (Å²) in [5, 5.41) is 11.5. The van der Waals surface area contributed by atoms with Crippen molar-refractivity contribution in [2.75, 3.05) is 6.61 Å². The molecule has 0 fully saturated rings. The van der Waals surface area contributed by atoms with Gasteiger partial charge in [0.25, 0.3) is 5.69 Å². The molecule has 128 valence electrons. The Hall–Kier alpha value is -3.22. The third kappa shape index (κ3) is 2.96. The summed E-state index contributed by atoms with van der Waals surface area (Å²) in [4.78, 5) is 23.0. The molecule has 0 atom stereocenters. The number of ether oxygens (including phenoxy) is 1. The van der Waals surface area contributed by atoms with Crippen LogP contribution in [-0.4, -0.2) is 17.5 Å². The Balaban J connectivity index is 2.30. The second kappa shape index (κ2) is 6.35. The zero-order valence-electron chi connectivity index (χ0n) is 13.5. The fourth-order valence-corrected chi connectivity index (χ4v) is 2.65. The summed E-state index contributed by atoms with van der Waals surface area (Å²) >= 11 is 0. The van der Waals surface area contributed by atoms with Gasteiger partial charge in [0, 0.05) is 16.5 Å². The first-order valence-corrected chi connectivity index (χ1v) is 7.57. The average molecular weight is 343 g/mol. The summed E-state index contributed by atoms with van der Waals surface area (Å²) in [6.07, 6.45) is 0. The number of hydrogen-bond acceptors (Lipinski definition) is 5. The van der Waals surface area contributed by atoms with Crippen molar-refractivity contribution < 1.29 is 23.3 Å². The molecule has 3 aromatic rings.